The van der Waals surface area contributed by atoms with Crippen LogP contribution in [0, 0.1) is 6.92 Å². The van der Waals surface area contributed by atoms with Gasteiger partial charge < -0.3 is 15.6 Å². The molecule has 0 saturated carbocycles. The Morgan fingerprint density at radius 2 is 1.80 bits per heavy atom. The summed E-state index contributed by atoms with van der Waals surface area (Å²) in [7, 11) is 1.66. The van der Waals surface area contributed by atoms with Crippen molar-refractivity contribution in [1.29, 1.82) is 0 Å². The van der Waals surface area contributed by atoms with Crippen molar-refractivity contribution in [2.45, 2.75) is 24.0 Å². The SMILES string of the molecule is COc1ccccc1SCC(O)CN1CCN(C(C(N)=O)c2ccc(C)cc2)CC1. The van der Waals surface area contributed by atoms with Gasteiger partial charge in [-0.25, -0.2) is 0 Å². The molecule has 0 aromatic heterocycles. The Morgan fingerprint density at radius 1 is 1.13 bits per heavy atom. The van der Waals surface area contributed by atoms with E-state index in [1.54, 1.807) is 18.9 Å². The highest BCUT2D eigenvalue weighted by Gasteiger charge is 2.29. The van der Waals surface area contributed by atoms with E-state index >= 15 is 0 Å². The number of aliphatic hydroxyl groups excluding tert-OH is 1. The van der Waals surface area contributed by atoms with Crippen molar-refractivity contribution in [1.82, 2.24) is 9.80 Å². The predicted octanol–water partition coefficient (Wildman–Crippen LogP) is 2.30. The zero-order valence-electron chi connectivity index (χ0n) is 17.7. The van der Waals surface area contributed by atoms with Crippen molar-refractivity contribution in [3.8, 4) is 5.75 Å². The van der Waals surface area contributed by atoms with Crippen LogP contribution < -0.4 is 10.5 Å². The van der Waals surface area contributed by atoms with E-state index in [1.165, 1.54) is 0 Å². The van der Waals surface area contributed by atoms with Crippen molar-refractivity contribution in [2.75, 3.05) is 45.6 Å². The number of para-hydroxylation sites is 1. The van der Waals surface area contributed by atoms with Crippen LogP contribution in [0.2, 0.25) is 0 Å². The van der Waals surface area contributed by atoms with Gasteiger partial charge in [-0.05, 0) is 24.6 Å². The first-order chi connectivity index (χ1) is 14.5. The van der Waals surface area contributed by atoms with E-state index < -0.39 is 12.1 Å². The van der Waals surface area contributed by atoms with Crippen LogP contribution in [-0.4, -0.2) is 72.5 Å². The zero-order valence-corrected chi connectivity index (χ0v) is 18.5. The van der Waals surface area contributed by atoms with E-state index in [1.807, 2.05) is 55.5 Å². The van der Waals surface area contributed by atoms with Crippen molar-refractivity contribution in [2.24, 2.45) is 5.73 Å². The van der Waals surface area contributed by atoms with Gasteiger partial charge in [-0.3, -0.25) is 14.6 Å². The third-order valence-corrected chi connectivity index (χ3v) is 6.60. The number of amides is 1. The number of piperazine rings is 1. The van der Waals surface area contributed by atoms with Gasteiger partial charge in [0.15, 0.2) is 0 Å². The van der Waals surface area contributed by atoms with Gasteiger partial charge in [0.05, 0.1) is 13.2 Å². The summed E-state index contributed by atoms with van der Waals surface area (Å²) < 4.78 is 5.37. The van der Waals surface area contributed by atoms with E-state index in [0.717, 1.165) is 48.0 Å². The van der Waals surface area contributed by atoms with Gasteiger partial charge in [0, 0.05) is 43.4 Å². The maximum absolute atomic E-state index is 12.1. The van der Waals surface area contributed by atoms with E-state index in [2.05, 4.69) is 9.80 Å². The highest BCUT2D eigenvalue weighted by atomic mass is 32.2. The van der Waals surface area contributed by atoms with Crippen LogP contribution in [0.3, 0.4) is 0 Å². The number of ether oxygens (including phenoxy) is 1. The lowest BCUT2D eigenvalue weighted by molar-refractivity contribution is -0.124. The van der Waals surface area contributed by atoms with Gasteiger partial charge in [-0.2, -0.15) is 0 Å². The number of methoxy groups -OCH3 is 1. The van der Waals surface area contributed by atoms with Gasteiger partial charge in [0.25, 0.3) is 0 Å². The minimum absolute atomic E-state index is 0.319. The number of benzene rings is 2. The Kier molecular flexibility index (Phi) is 8.16. The topological polar surface area (TPSA) is 79.0 Å². The molecule has 6 nitrogen and oxygen atoms in total. The molecule has 2 aromatic rings. The Hall–Kier alpha value is -2.06. The molecule has 30 heavy (non-hydrogen) atoms. The molecule has 1 aliphatic heterocycles. The van der Waals surface area contributed by atoms with Crippen molar-refractivity contribution in [3.05, 3.63) is 59.7 Å². The number of primary amides is 1. The average Bonchev–Trinajstić information content (AvgIpc) is 2.75. The summed E-state index contributed by atoms with van der Waals surface area (Å²) in [5.41, 5.74) is 7.82. The summed E-state index contributed by atoms with van der Waals surface area (Å²) in [6.07, 6.45) is -0.435. The lowest BCUT2D eigenvalue weighted by Gasteiger charge is -2.38. The monoisotopic (exact) mass is 429 g/mol. The number of carbonyl (C=O) groups excluding carboxylic acids is 1. The van der Waals surface area contributed by atoms with Gasteiger partial charge in [0.1, 0.15) is 11.8 Å². The highest BCUT2D eigenvalue weighted by molar-refractivity contribution is 7.99. The fourth-order valence-electron chi connectivity index (χ4n) is 3.78. The number of aryl methyl sites for hydroxylation is 1. The van der Waals surface area contributed by atoms with Crippen LogP contribution in [0.25, 0.3) is 0 Å². The molecule has 7 heteroatoms. The molecule has 2 aromatic carbocycles. The second-order valence-corrected chi connectivity index (χ2v) is 8.73. The molecule has 1 heterocycles. The van der Waals surface area contributed by atoms with Crippen LogP contribution in [0.1, 0.15) is 17.2 Å². The Labute approximate surface area is 183 Å². The summed E-state index contributed by atoms with van der Waals surface area (Å²) in [6, 6.07) is 15.4. The lowest BCUT2D eigenvalue weighted by atomic mass is 10.0. The molecule has 0 bridgehead atoms. The van der Waals surface area contributed by atoms with E-state index in [0.29, 0.717) is 12.3 Å². The minimum atomic E-state index is -0.435. The standard InChI is InChI=1S/C23H31N3O3S/c1-17-7-9-18(10-8-17)22(23(24)28)26-13-11-25(12-14-26)15-19(27)16-30-21-6-4-3-5-20(21)29-2/h3-10,19,22,27H,11-16H2,1-2H3,(H2,24,28). The number of rotatable bonds is 9. The molecule has 0 aliphatic carbocycles. The average molecular weight is 430 g/mol. The number of nitrogens with two attached hydrogens (primary N) is 1. The number of β-amino-alcohol motifs (C(OH)–C–C–N with tert-alkyl or cyclic N) is 1. The third kappa shape index (κ3) is 5.98. The van der Waals surface area contributed by atoms with E-state index in [9.17, 15) is 9.90 Å². The lowest BCUT2D eigenvalue weighted by Crippen LogP contribution is -2.51. The zero-order chi connectivity index (χ0) is 21.5. The smallest absolute Gasteiger partial charge is 0.239 e. The molecule has 3 rings (SSSR count). The molecule has 2 unspecified atom stereocenters. The number of hydrogen-bond donors (Lipinski definition) is 2. The molecule has 2 atom stereocenters. The van der Waals surface area contributed by atoms with Crippen molar-refractivity contribution in [3.63, 3.8) is 0 Å². The third-order valence-electron chi connectivity index (χ3n) is 5.40. The van der Waals surface area contributed by atoms with E-state index in [4.69, 9.17) is 10.5 Å². The molecule has 0 spiro atoms. The van der Waals surface area contributed by atoms with Crippen LogP contribution in [0.5, 0.6) is 5.75 Å². The quantitative estimate of drug-likeness (QED) is 0.596. The maximum atomic E-state index is 12.1. The summed E-state index contributed by atoms with van der Waals surface area (Å²) in [5.74, 6) is 1.12. The first-order valence-electron chi connectivity index (χ1n) is 10.2. The van der Waals surface area contributed by atoms with Gasteiger partial charge in [-0.1, -0.05) is 42.0 Å². The Morgan fingerprint density at radius 3 is 2.43 bits per heavy atom. The molecule has 1 fully saturated rings. The summed E-state index contributed by atoms with van der Waals surface area (Å²) in [6.45, 7) is 5.72. The van der Waals surface area contributed by atoms with Gasteiger partial charge in [0.2, 0.25) is 5.91 Å². The fourth-order valence-corrected chi connectivity index (χ4v) is 4.73. The van der Waals surface area contributed by atoms with E-state index in [-0.39, 0.29) is 5.91 Å². The number of aliphatic hydroxyl groups is 1. The molecule has 1 saturated heterocycles. The predicted molar refractivity (Wildman–Crippen MR) is 121 cm³/mol. The number of nitrogens with zero attached hydrogens (tertiary/aromatic N) is 2. The highest BCUT2D eigenvalue weighted by Crippen LogP contribution is 2.29. The second kappa shape index (κ2) is 10.8. The van der Waals surface area contributed by atoms with Crippen LogP contribution in [0.4, 0.5) is 0 Å². The summed E-state index contributed by atoms with van der Waals surface area (Å²) in [5, 5.41) is 10.5. The molecular formula is C23H31N3O3S. The van der Waals surface area contributed by atoms with Crippen LogP contribution in [0.15, 0.2) is 53.4 Å². The minimum Gasteiger partial charge on any atom is -0.496 e. The molecule has 162 valence electrons. The molecule has 1 aliphatic rings. The Bertz CT molecular complexity index is 823. The first kappa shape index (κ1) is 22.6. The maximum Gasteiger partial charge on any atom is 0.239 e. The van der Waals surface area contributed by atoms with Crippen LogP contribution in [-0.2, 0) is 4.79 Å². The molecular weight excluding hydrogens is 398 g/mol. The summed E-state index contributed by atoms with van der Waals surface area (Å²) >= 11 is 1.60. The normalized spacial score (nSPS) is 17.4. The Balaban J connectivity index is 1.49. The first-order valence-corrected chi connectivity index (χ1v) is 11.2. The fraction of sp³-hybridized carbons (Fsp3) is 0.435. The summed E-state index contributed by atoms with van der Waals surface area (Å²) in [4.78, 5) is 17.5. The van der Waals surface area contributed by atoms with Gasteiger partial charge in [-0.15, -0.1) is 11.8 Å². The van der Waals surface area contributed by atoms with Gasteiger partial charge >= 0.3 is 0 Å². The van der Waals surface area contributed by atoms with Crippen LogP contribution >= 0.6 is 11.8 Å². The number of thioether (sulfide) groups is 1. The number of carbonyl (C=O) groups is 1. The molecule has 1 amide bonds. The van der Waals surface area contributed by atoms with Crippen molar-refractivity contribution >= 4 is 17.7 Å². The van der Waals surface area contributed by atoms with Crippen molar-refractivity contribution < 1.29 is 14.6 Å². The molecule has 0 radical (unpaired) electrons. The second-order valence-electron chi connectivity index (χ2n) is 7.67. The number of hydrogen-bond acceptors (Lipinski definition) is 6. The largest absolute Gasteiger partial charge is 0.496 e. The molecule has 3 N–H and O–H groups in total.